The molecule has 2 aromatic rings. The molecule has 1 N–H and O–H groups in total. The Hall–Kier alpha value is -1.94. The van der Waals surface area contributed by atoms with Gasteiger partial charge in [-0.3, -0.25) is 4.79 Å². The molecule has 0 aromatic heterocycles. The fraction of sp³-hybridized carbons (Fsp3) is 0.316. The molecule has 0 unspecified atom stereocenters. The van der Waals surface area contributed by atoms with E-state index in [1.807, 2.05) is 24.3 Å². The SMILES string of the molecule is COc1ccccc1CNC(=O)CSc1ccc2c(c1)CCC2. The van der Waals surface area contributed by atoms with Gasteiger partial charge in [0.25, 0.3) is 0 Å². The summed E-state index contributed by atoms with van der Waals surface area (Å²) in [7, 11) is 1.64. The van der Waals surface area contributed by atoms with Crippen molar-refractivity contribution < 1.29 is 9.53 Å². The van der Waals surface area contributed by atoms with Crippen molar-refractivity contribution in [3.05, 3.63) is 59.2 Å². The highest BCUT2D eigenvalue weighted by atomic mass is 32.2. The standard InChI is InChI=1S/C19H21NO2S/c1-22-18-8-3-2-5-16(18)12-20-19(21)13-23-17-10-9-14-6-4-7-15(14)11-17/h2-3,5,8-11H,4,6-7,12-13H2,1H3,(H,20,21). The Morgan fingerprint density at radius 2 is 2.00 bits per heavy atom. The summed E-state index contributed by atoms with van der Waals surface area (Å²) in [5.74, 6) is 1.29. The zero-order chi connectivity index (χ0) is 16.1. The fourth-order valence-electron chi connectivity index (χ4n) is 2.88. The van der Waals surface area contributed by atoms with Crippen LogP contribution < -0.4 is 10.1 Å². The number of rotatable bonds is 6. The predicted octanol–water partition coefficient (Wildman–Crippen LogP) is 3.59. The molecule has 2 aromatic carbocycles. The first-order valence-electron chi connectivity index (χ1n) is 7.89. The Kier molecular flexibility index (Phi) is 5.23. The smallest absolute Gasteiger partial charge is 0.230 e. The van der Waals surface area contributed by atoms with Crippen molar-refractivity contribution in [2.24, 2.45) is 0 Å². The highest BCUT2D eigenvalue weighted by molar-refractivity contribution is 8.00. The largest absolute Gasteiger partial charge is 0.496 e. The lowest BCUT2D eigenvalue weighted by molar-refractivity contribution is -0.118. The number of fused-ring (bicyclic) bond motifs is 1. The lowest BCUT2D eigenvalue weighted by atomic mass is 10.1. The molecule has 0 fully saturated rings. The molecule has 0 heterocycles. The van der Waals surface area contributed by atoms with Crippen molar-refractivity contribution >= 4 is 17.7 Å². The number of para-hydroxylation sites is 1. The summed E-state index contributed by atoms with van der Waals surface area (Å²) in [6, 6.07) is 14.3. The second kappa shape index (κ2) is 7.55. The molecule has 0 radical (unpaired) electrons. The number of carbonyl (C=O) groups is 1. The minimum atomic E-state index is 0.0430. The molecular weight excluding hydrogens is 306 g/mol. The Morgan fingerprint density at radius 1 is 1.17 bits per heavy atom. The molecule has 0 spiro atoms. The van der Waals surface area contributed by atoms with E-state index in [4.69, 9.17) is 4.74 Å². The van der Waals surface area contributed by atoms with E-state index >= 15 is 0 Å². The van der Waals surface area contributed by atoms with Crippen LogP contribution in [0.4, 0.5) is 0 Å². The van der Waals surface area contributed by atoms with Crippen LogP contribution in [0, 0.1) is 0 Å². The number of nitrogens with one attached hydrogen (secondary N) is 1. The van der Waals surface area contributed by atoms with E-state index in [-0.39, 0.29) is 5.91 Å². The van der Waals surface area contributed by atoms with Gasteiger partial charge in [-0.25, -0.2) is 0 Å². The summed E-state index contributed by atoms with van der Waals surface area (Å²) in [4.78, 5) is 13.2. The summed E-state index contributed by atoms with van der Waals surface area (Å²) < 4.78 is 5.29. The summed E-state index contributed by atoms with van der Waals surface area (Å²) in [5, 5.41) is 2.96. The Bertz CT molecular complexity index is 700. The van der Waals surface area contributed by atoms with Crippen molar-refractivity contribution in [3.63, 3.8) is 0 Å². The fourth-order valence-corrected chi connectivity index (χ4v) is 3.67. The van der Waals surface area contributed by atoms with Crippen LogP contribution in [0.3, 0.4) is 0 Å². The van der Waals surface area contributed by atoms with E-state index in [0.717, 1.165) is 11.3 Å². The molecule has 0 atom stereocenters. The summed E-state index contributed by atoms with van der Waals surface area (Å²) in [5.41, 5.74) is 3.91. The van der Waals surface area contributed by atoms with Crippen molar-refractivity contribution in [2.45, 2.75) is 30.7 Å². The number of ether oxygens (including phenoxy) is 1. The van der Waals surface area contributed by atoms with Crippen molar-refractivity contribution in [3.8, 4) is 5.75 Å². The third-order valence-electron chi connectivity index (χ3n) is 4.11. The molecule has 1 amide bonds. The molecule has 1 aliphatic rings. The van der Waals surface area contributed by atoms with Crippen molar-refractivity contribution in [1.82, 2.24) is 5.32 Å². The van der Waals surface area contributed by atoms with E-state index < -0.39 is 0 Å². The Morgan fingerprint density at radius 3 is 2.87 bits per heavy atom. The second-order valence-corrected chi connectivity index (χ2v) is 6.71. The number of methoxy groups -OCH3 is 1. The molecule has 3 rings (SSSR count). The Balaban J connectivity index is 1.50. The van der Waals surface area contributed by atoms with E-state index in [0.29, 0.717) is 12.3 Å². The first-order chi connectivity index (χ1) is 11.3. The minimum Gasteiger partial charge on any atom is -0.496 e. The lowest BCUT2D eigenvalue weighted by Gasteiger charge is -2.09. The zero-order valence-electron chi connectivity index (χ0n) is 13.3. The van der Waals surface area contributed by atoms with Crippen LogP contribution in [0.25, 0.3) is 0 Å². The van der Waals surface area contributed by atoms with Crippen LogP contribution in [0.2, 0.25) is 0 Å². The van der Waals surface area contributed by atoms with Gasteiger partial charge < -0.3 is 10.1 Å². The number of carbonyl (C=O) groups excluding carboxylic acids is 1. The summed E-state index contributed by atoms with van der Waals surface area (Å²) in [6.07, 6.45) is 3.62. The number of thioether (sulfide) groups is 1. The third-order valence-corrected chi connectivity index (χ3v) is 5.10. The molecule has 0 aliphatic heterocycles. The van der Waals surface area contributed by atoms with Gasteiger partial charge in [0.15, 0.2) is 0 Å². The van der Waals surface area contributed by atoms with Crippen LogP contribution in [-0.2, 0) is 24.2 Å². The van der Waals surface area contributed by atoms with Crippen LogP contribution in [0.5, 0.6) is 5.75 Å². The highest BCUT2D eigenvalue weighted by Gasteiger charge is 2.12. The van der Waals surface area contributed by atoms with Crippen LogP contribution >= 0.6 is 11.8 Å². The molecule has 0 saturated carbocycles. The van der Waals surface area contributed by atoms with Gasteiger partial charge in [0.1, 0.15) is 5.75 Å². The summed E-state index contributed by atoms with van der Waals surface area (Å²) >= 11 is 1.60. The maximum Gasteiger partial charge on any atom is 0.230 e. The number of aryl methyl sites for hydroxylation is 2. The van der Waals surface area contributed by atoms with Gasteiger partial charge in [0.2, 0.25) is 5.91 Å². The van der Waals surface area contributed by atoms with Gasteiger partial charge in [0.05, 0.1) is 12.9 Å². The van der Waals surface area contributed by atoms with E-state index in [2.05, 4.69) is 23.5 Å². The summed E-state index contributed by atoms with van der Waals surface area (Å²) in [6.45, 7) is 0.494. The first-order valence-corrected chi connectivity index (χ1v) is 8.88. The maximum atomic E-state index is 12.1. The second-order valence-electron chi connectivity index (χ2n) is 5.66. The molecular formula is C19H21NO2S. The monoisotopic (exact) mass is 327 g/mol. The van der Waals surface area contributed by atoms with Gasteiger partial charge >= 0.3 is 0 Å². The van der Waals surface area contributed by atoms with Gasteiger partial charge in [-0.2, -0.15) is 0 Å². The molecule has 3 nitrogen and oxygen atoms in total. The van der Waals surface area contributed by atoms with Gasteiger partial charge in [0, 0.05) is 17.0 Å². The van der Waals surface area contributed by atoms with Crippen LogP contribution in [-0.4, -0.2) is 18.8 Å². The number of hydrogen-bond acceptors (Lipinski definition) is 3. The lowest BCUT2D eigenvalue weighted by Crippen LogP contribution is -2.24. The highest BCUT2D eigenvalue weighted by Crippen LogP contribution is 2.27. The van der Waals surface area contributed by atoms with E-state index in [1.54, 1.807) is 18.9 Å². The van der Waals surface area contributed by atoms with Gasteiger partial charge in [-0.1, -0.05) is 24.3 Å². The molecule has 4 heteroatoms. The number of amides is 1. The first kappa shape index (κ1) is 15.9. The van der Waals surface area contributed by atoms with Crippen molar-refractivity contribution in [2.75, 3.05) is 12.9 Å². The molecule has 120 valence electrons. The quantitative estimate of drug-likeness (QED) is 0.824. The van der Waals surface area contributed by atoms with E-state index in [9.17, 15) is 4.79 Å². The normalized spacial score (nSPS) is 12.7. The van der Waals surface area contributed by atoms with Crippen molar-refractivity contribution in [1.29, 1.82) is 0 Å². The zero-order valence-corrected chi connectivity index (χ0v) is 14.1. The third kappa shape index (κ3) is 4.08. The molecule has 0 saturated heterocycles. The van der Waals surface area contributed by atoms with E-state index in [1.165, 1.54) is 35.3 Å². The van der Waals surface area contributed by atoms with Gasteiger partial charge in [-0.15, -0.1) is 11.8 Å². The average Bonchev–Trinajstić information content (AvgIpc) is 3.06. The topological polar surface area (TPSA) is 38.3 Å². The van der Waals surface area contributed by atoms with Crippen LogP contribution in [0.1, 0.15) is 23.1 Å². The average molecular weight is 327 g/mol. The Labute approximate surface area is 141 Å². The minimum absolute atomic E-state index is 0.0430. The molecule has 0 bridgehead atoms. The van der Waals surface area contributed by atoms with Gasteiger partial charge in [-0.05, 0) is 48.6 Å². The molecule has 1 aliphatic carbocycles. The van der Waals surface area contributed by atoms with Crippen LogP contribution in [0.15, 0.2) is 47.4 Å². The molecule has 23 heavy (non-hydrogen) atoms. The predicted molar refractivity (Wildman–Crippen MR) is 94.0 cm³/mol. The maximum absolute atomic E-state index is 12.1. The number of benzene rings is 2. The number of hydrogen-bond donors (Lipinski definition) is 1.